The average molecular weight is 294 g/mol. The van der Waals surface area contributed by atoms with Crippen molar-refractivity contribution in [2.75, 3.05) is 7.11 Å². The van der Waals surface area contributed by atoms with Gasteiger partial charge < -0.3 is 9.84 Å². The van der Waals surface area contributed by atoms with Gasteiger partial charge in [-0.05, 0) is 19.1 Å². The zero-order chi connectivity index (χ0) is 15.9. The molecular weight excluding hydrogens is 274 g/mol. The molecule has 0 saturated carbocycles. The van der Waals surface area contributed by atoms with Gasteiger partial charge in [0, 0.05) is 26.0 Å². The monoisotopic (exact) mass is 294 g/mol. The summed E-state index contributed by atoms with van der Waals surface area (Å²) < 4.78 is 7.68. The molecule has 3 heteroatoms. The van der Waals surface area contributed by atoms with Crippen LogP contribution in [0.1, 0.15) is 17.0 Å². The second-order valence-corrected chi connectivity index (χ2v) is 5.57. The number of rotatable bonds is 2. The first-order chi connectivity index (χ1) is 10.5. The Kier molecular flexibility index (Phi) is 3.49. The summed E-state index contributed by atoms with van der Waals surface area (Å²) in [4.78, 5) is 0. The Morgan fingerprint density at radius 2 is 1.50 bits per heavy atom. The Balaban J connectivity index is 2.39. The maximum Gasteiger partial charge on any atom is 0.211 e. The van der Waals surface area contributed by atoms with Crippen LogP contribution < -0.4 is 9.30 Å². The number of methoxy groups -OCH3 is 1. The molecule has 3 rings (SSSR count). The molecule has 1 aromatic rings. The van der Waals surface area contributed by atoms with Gasteiger partial charge >= 0.3 is 0 Å². The maximum absolute atomic E-state index is 10.4. The molecule has 3 nitrogen and oxygen atoms in total. The van der Waals surface area contributed by atoms with Gasteiger partial charge in [-0.1, -0.05) is 23.8 Å². The Bertz CT molecular complexity index is 807. The van der Waals surface area contributed by atoms with Crippen LogP contribution >= 0.6 is 0 Å². The number of nitrogens with zero attached hydrogens (tertiary/aromatic N) is 1. The predicted octanol–water partition coefficient (Wildman–Crippen LogP) is 3.71. The molecule has 0 fully saturated rings. The van der Waals surface area contributed by atoms with Gasteiger partial charge in [-0.25, -0.2) is 0 Å². The summed E-state index contributed by atoms with van der Waals surface area (Å²) in [6, 6.07) is 13.8. The molecule has 22 heavy (non-hydrogen) atoms. The van der Waals surface area contributed by atoms with Gasteiger partial charge in [0.1, 0.15) is 22.6 Å². The minimum absolute atomic E-state index is 0.268. The third kappa shape index (κ3) is 2.10. The van der Waals surface area contributed by atoms with Crippen LogP contribution in [0, 0.1) is 20.8 Å². The minimum Gasteiger partial charge on any atom is -0.507 e. The van der Waals surface area contributed by atoms with E-state index in [1.807, 2.05) is 19.1 Å². The highest BCUT2D eigenvalue weighted by Gasteiger charge is 2.32. The molecule has 2 aliphatic rings. The normalized spacial score (nSPS) is 10.9. The molecule has 0 radical (unpaired) electrons. The van der Waals surface area contributed by atoms with Crippen molar-refractivity contribution < 1.29 is 14.4 Å². The topological polar surface area (TPSA) is 33.3 Å². The summed E-state index contributed by atoms with van der Waals surface area (Å²) in [5.41, 5.74) is 6.15. The van der Waals surface area contributed by atoms with Gasteiger partial charge in [-0.15, -0.1) is 0 Å². The second-order valence-electron chi connectivity index (χ2n) is 5.57. The van der Waals surface area contributed by atoms with E-state index >= 15 is 0 Å². The minimum atomic E-state index is 0.268. The van der Waals surface area contributed by atoms with Gasteiger partial charge in [0.05, 0.1) is 7.11 Å². The van der Waals surface area contributed by atoms with Gasteiger partial charge in [-0.3, -0.25) is 0 Å². The van der Waals surface area contributed by atoms with Crippen molar-refractivity contribution in [1.82, 2.24) is 0 Å². The van der Waals surface area contributed by atoms with Crippen molar-refractivity contribution in [3.8, 4) is 28.3 Å². The number of aromatic hydroxyl groups is 1. The van der Waals surface area contributed by atoms with Crippen molar-refractivity contribution in [1.29, 1.82) is 0 Å². The molecule has 1 aliphatic heterocycles. The third-order valence-corrected chi connectivity index (χ3v) is 4.16. The van der Waals surface area contributed by atoms with E-state index in [4.69, 9.17) is 4.74 Å². The third-order valence-electron chi connectivity index (χ3n) is 4.16. The smallest absolute Gasteiger partial charge is 0.211 e. The number of aromatic nitrogens is 1. The van der Waals surface area contributed by atoms with Crippen LogP contribution in [0.3, 0.4) is 0 Å². The van der Waals surface area contributed by atoms with E-state index in [0.29, 0.717) is 0 Å². The molecule has 0 aromatic heterocycles. The molecular formula is C19H20NO2+. The lowest BCUT2D eigenvalue weighted by Gasteiger charge is -2.01. The number of aryl methyl sites for hydroxylation is 1. The van der Waals surface area contributed by atoms with E-state index in [9.17, 15) is 5.11 Å². The molecule has 1 heterocycles. The van der Waals surface area contributed by atoms with Crippen molar-refractivity contribution in [3.63, 3.8) is 0 Å². The second kappa shape index (κ2) is 5.34. The highest BCUT2D eigenvalue weighted by Crippen LogP contribution is 2.41. The lowest BCUT2D eigenvalue weighted by Crippen LogP contribution is -2.34. The van der Waals surface area contributed by atoms with Gasteiger partial charge in [0.25, 0.3) is 0 Å². The van der Waals surface area contributed by atoms with Gasteiger partial charge in [0.15, 0.2) is 11.4 Å². The summed E-state index contributed by atoms with van der Waals surface area (Å²) in [6.07, 6.45) is 0. The molecule has 0 bridgehead atoms. The predicted molar refractivity (Wildman–Crippen MR) is 87.0 cm³/mol. The summed E-state index contributed by atoms with van der Waals surface area (Å²) >= 11 is 0. The summed E-state index contributed by atoms with van der Waals surface area (Å²) in [7, 11) is 1.66. The summed E-state index contributed by atoms with van der Waals surface area (Å²) in [5.74, 6) is 1.03. The SMILES string of the molecule is COc1cccc(O)c2c(C)[n+](-c3ccc(C)cc3)c(C)c1-2. The highest BCUT2D eigenvalue weighted by atomic mass is 16.5. The van der Waals surface area contributed by atoms with Gasteiger partial charge in [0.2, 0.25) is 5.69 Å². The van der Waals surface area contributed by atoms with Crippen molar-refractivity contribution in [2.45, 2.75) is 20.8 Å². The fourth-order valence-electron chi connectivity index (χ4n) is 3.10. The Morgan fingerprint density at radius 1 is 0.864 bits per heavy atom. The molecule has 1 N–H and O–H groups in total. The summed E-state index contributed by atoms with van der Waals surface area (Å²) in [6.45, 7) is 6.15. The quantitative estimate of drug-likeness (QED) is 0.731. The van der Waals surface area contributed by atoms with E-state index in [1.165, 1.54) is 5.56 Å². The maximum atomic E-state index is 10.4. The summed E-state index contributed by atoms with van der Waals surface area (Å²) in [5, 5.41) is 10.4. The number of hydrogen-bond acceptors (Lipinski definition) is 2. The molecule has 0 amide bonds. The number of hydrogen-bond donors (Lipinski definition) is 1. The number of ether oxygens (including phenoxy) is 1. The first-order valence-corrected chi connectivity index (χ1v) is 7.32. The molecule has 112 valence electrons. The lowest BCUT2D eigenvalue weighted by atomic mass is 10.1. The fraction of sp³-hybridized carbons (Fsp3) is 0.211. The van der Waals surface area contributed by atoms with E-state index in [-0.39, 0.29) is 5.75 Å². The largest absolute Gasteiger partial charge is 0.507 e. The zero-order valence-corrected chi connectivity index (χ0v) is 13.3. The first-order valence-electron chi connectivity index (χ1n) is 7.32. The first kappa shape index (κ1) is 14.4. The Labute approximate surface area is 130 Å². The zero-order valence-electron chi connectivity index (χ0n) is 13.3. The Hall–Kier alpha value is -2.55. The average Bonchev–Trinajstić information content (AvgIpc) is 2.66. The van der Waals surface area contributed by atoms with E-state index in [0.717, 1.165) is 34.0 Å². The molecule has 0 atom stereocenters. The van der Waals surface area contributed by atoms with Crippen LogP contribution in [0.4, 0.5) is 0 Å². The van der Waals surface area contributed by atoms with E-state index in [2.05, 4.69) is 42.7 Å². The molecule has 1 aromatic carbocycles. The van der Waals surface area contributed by atoms with Crippen LogP contribution in [0.5, 0.6) is 11.5 Å². The van der Waals surface area contributed by atoms with Crippen LogP contribution in [0.2, 0.25) is 0 Å². The number of fused-ring (bicyclic) bond motifs is 1. The highest BCUT2D eigenvalue weighted by molar-refractivity contribution is 5.79. The number of benzene rings is 1. The van der Waals surface area contributed by atoms with Crippen molar-refractivity contribution in [3.05, 3.63) is 59.4 Å². The van der Waals surface area contributed by atoms with Crippen LogP contribution in [-0.2, 0) is 0 Å². The van der Waals surface area contributed by atoms with Crippen molar-refractivity contribution >= 4 is 0 Å². The molecule has 0 spiro atoms. The van der Waals surface area contributed by atoms with Crippen LogP contribution in [0.15, 0.2) is 42.5 Å². The van der Waals surface area contributed by atoms with Crippen LogP contribution in [-0.4, -0.2) is 12.2 Å². The van der Waals surface area contributed by atoms with E-state index in [1.54, 1.807) is 13.2 Å². The molecule has 0 saturated heterocycles. The Morgan fingerprint density at radius 3 is 2.14 bits per heavy atom. The van der Waals surface area contributed by atoms with E-state index < -0.39 is 0 Å². The van der Waals surface area contributed by atoms with Crippen LogP contribution in [0.25, 0.3) is 16.8 Å². The lowest BCUT2D eigenvalue weighted by molar-refractivity contribution is -0.604. The van der Waals surface area contributed by atoms with Crippen molar-refractivity contribution in [2.24, 2.45) is 0 Å². The standard InChI is InChI=1S/C19H19NO2/c1-12-8-10-15(11-9-12)20-13(2)18-16(21)6-5-7-17(22-4)19(18)14(20)3/h5-11H,1-4H3/p+1. The molecule has 1 aliphatic carbocycles. The van der Waals surface area contributed by atoms with Gasteiger partial charge in [-0.2, -0.15) is 4.57 Å². The fourth-order valence-corrected chi connectivity index (χ4v) is 3.10. The molecule has 0 unspecified atom stereocenters.